The topological polar surface area (TPSA) is 27.7 Å². The minimum absolute atomic E-state index is 0.533. The molecule has 0 saturated heterocycles. The van der Waals surface area contributed by atoms with Crippen LogP contribution in [0.1, 0.15) is 46.5 Å². The predicted octanol–water partition coefficient (Wildman–Crippen LogP) is 3.51. The molecule has 0 amide bonds. The molecule has 0 aromatic rings. The summed E-state index contributed by atoms with van der Waals surface area (Å²) in [6, 6.07) is 0. The molecule has 3 nitrogen and oxygen atoms in total. The van der Waals surface area contributed by atoms with Crippen LogP contribution in [0.15, 0.2) is 21.5 Å². The van der Waals surface area contributed by atoms with Crippen molar-refractivity contribution in [2.45, 2.75) is 46.5 Å². The summed E-state index contributed by atoms with van der Waals surface area (Å²) in [6.45, 7) is 7.71. The van der Waals surface area contributed by atoms with Gasteiger partial charge in [0, 0.05) is 0 Å². The Hall–Kier alpha value is 0.716. The fourth-order valence-electron chi connectivity index (χ4n) is 2.34. The van der Waals surface area contributed by atoms with Gasteiger partial charge in [-0.3, -0.25) is 0 Å². The summed E-state index contributed by atoms with van der Waals surface area (Å²) >= 11 is -7.21. The van der Waals surface area contributed by atoms with Crippen molar-refractivity contribution in [3.05, 3.63) is 21.5 Å². The molecule has 0 fully saturated rings. The van der Waals surface area contributed by atoms with Crippen molar-refractivity contribution >= 4 is 12.1 Å². The molecule has 6 heteroatoms. The average Bonchev–Trinajstić information content (AvgIpc) is 3.03. The Balaban J connectivity index is 3.13. The van der Waals surface area contributed by atoms with Gasteiger partial charge in [0.25, 0.3) is 0 Å². The maximum atomic E-state index is 14.4. The molecule has 0 radical (unpaired) electrons. The van der Waals surface area contributed by atoms with Crippen molar-refractivity contribution < 1.29 is 29.5 Å². The second kappa shape index (κ2) is 8.99. The van der Waals surface area contributed by atoms with E-state index in [0.29, 0.717) is 19.8 Å². The van der Waals surface area contributed by atoms with Crippen LogP contribution >= 0.6 is 0 Å². The molecule has 0 aromatic heterocycles. The summed E-state index contributed by atoms with van der Waals surface area (Å²) in [6.07, 6.45) is 9.31. The summed E-state index contributed by atoms with van der Waals surface area (Å²) in [5.74, 6) is 0. The van der Waals surface area contributed by atoms with E-state index in [9.17, 15) is 3.50 Å². The van der Waals surface area contributed by atoms with Gasteiger partial charge in [0.05, 0.1) is 0 Å². The Morgan fingerprint density at radius 2 is 1.55 bits per heavy atom. The quantitative estimate of drug-likeness (QED) is 0.473. The molecule has 1 aliphatic carbocycles. The molecular formula is C14H28FGeO3Zr. The summed E-state index contributed by atoms with van der Waals surface area (Å²) in [4.78, 5) is 0. The molecule has 1 aliphatic rings. The molecule has 0 saturated carbocycles. The number of rotatable bonds is 11. The van der Waals surface area contributed by atoms with Crippen LogP contribution in [0.3, 0.4) is 0 Å². The van der Waals surface area contributed by atoms with Crippen LogP contribution in [0.5, 0.6) is 0 Å². The van der Waals surface area contributed by atoms with Crippen LogP contribution < -0.4 is 0 Å². The molecule has 0 heterocycles. The third kappa shape index (κ3) is 4.13. The molecule has 0 bridgehead atoms. The van der Waals surface area contributed by atoms with Gasteiger partial charge in [0.15, 0.2) is 0 Å². The van der Waals surface area contributed by atoms with Gasteiger partial charge in [0.2, 0.25) is 0 Å². The van der Waals surface area contributed by atoms with E-state index in [1.165, 1.54) is 0 Å². The van der Waals surface area contributed by atoms with Crippen LogP contribution in [0, 0.1) is 0 Å². The first-order valence-electron chi connectivity index (χ1n) is 7.69. The van der Waals surface area contributed by atoms with Gasteiger partial charge in [0.1, 0.15) is 0 Å². The maximum absolute atomic E-state index is 14.4. The third-order valence-electron chi connectivity index (χ3n) is 3.42. The van der Waals surface area contributed by atoms with Crippen molar-refractivity contribution in [2.24, 2.45) is 0 Å². The van der Waals surface area contributed by atoms with Gasteiger partial charge in [-0.1, -0.05) is 0 Å². The zero-order chi connectivity index (χ0) is 14.9. The van der Waals surface area contributed by atoms with E-state index in [4.69, 9.17) is 8.44 Å². The zero-order valence-corrected chi connectivity index (χ0v) is 18.4. The Kier molecular flexibility index (Phi) is 8.43. The Morgan fingerprint density at radius 1 is 1.05 bits per heavy atom. The number of hydrogen-bond donors (Lipinski definition) is 0. The first-order valence-corrected chi connectivity index (χ1v) is 23.6. The van der Waals surface area contributed by atoms with Crippen molar-refractivity contribution in [2.75, 3.05) is 19.8 Å². The zero-order valence-electron chi connectivity index (χ0n) is 13.0. The van der Waals surface area contributed by atoms with Crippen molar-refractivity contribution in [1.29, 1.82) is 0 Å². The molecule has 0 N–H and O–H groups in total. The monoisotopic (exact) mass is 427 g/mol. The predicted molar refractivity (Wildman–Crippen MR) is 80.2 cm³/mol. The van der Waals surface area contributed by atoms with E-state index in [0.717, 1.165) is 29.0 Å². The van der Waals surface area contributed by atoms with Crippen molar-refractivity contribution in [3.63, 3.8) is 0 Å². The van der Waals surface area contributed by atoms with Gasteiger partial charge >= 0.3 is 129 Å². The molecule has 0 unspecified atom stereocenters. The Morgan fingerprint density at radius 3 is 1.85 bits per heavy atom. The molecule has 0 spiro atoms. The summed E-state index contributed by atoms with van der Waals surface area (Å²) in [5, 5.41) is 0. The van der Waals surface area contributed by atoms with Crippen molar-refractivity contribution in [3.8, 4) is 0 Å². The van der Waals surface area contributed by atoms with Crippen LogP contribution in [0.25, 0.3) is 0 Å². The first kappa shape index (κ1) is 18.8. The normalized spacial score (nSPS) is 17.6. The van der Waals surface area contributed by atoms with Gasteiger partial charge in [-0.15, -0.1) is 0 Å². The molecule has 0 atom stereocenters. The van der Waals surface area contributed by atoms with E-state index in [1.807, 2.05) is 39.0 Å². The Bertz CT molecular complexity index is 336. The molecule has 0 aliphatic heterocycles. The van der Waals surface area contributed by atoms with Gasteiger partial charge in [-0.05, 0) is 0 Å². The standard InChI is InChI=1S/C5H5.3C3H7O.FGeH2.Zr/c1-2-4-5-3-1;3*1-2-3-4;1-2;/h1-3H,4H2;3*2-3H2,1H3;2H2;/q;3*-1;;+3. The van der Waals surface area contributed by atoms with E-state index in [1.54, 1.807) is 0 Å². The first-order chi connectivity index (χ1) is 9.67. The van der Waals surface area contributed by atoms with E-state index in [-0.39, 0.29) is 0 Å². The van der Waals surface area contributed by atoms with Crippen LogP contribution in [-0.4, -0.2) is 31.9 Å². The number of allylic oxidation sites excluding steroid dienone is 4. The van der Waals surface area contributed by atoms with Gasteiger partial charge < -0.3 is 0 Å². The second-order valence-electron chi connectivity index (χ2n) is 5.17. The second-order valence-corrected chi connectivity index (χ2v) is 33.7. The average molecular weight is 427 g/mol. The molecule has 117 valence electrons. The number of halogens is 1. The minimum atomic E-state index is -4.68. The molecule has 1 rings (SSSR count). The summed E-state index contributed by atoms with van der Waals surface area (Å²) < 4.78 is 33.9. The fraction of sp³-hybridized carbons (Fsp3) is 0.714. The fourth-order valence-corrected chi connectivity index (χ4v) is 25.8. The van der Waals surface area contributed by atoms with Crippen LogP contribution in [0.2, 0.25) is 0 Å². The molecular weight excluding hydrogens is 399 g/mol. The van der Waals surface area contributed by atoms with Crippen molar-refractivity contribution in [1.82, 2.24) is 0 Å². The van der Waals surface area contributed by atoms with E-state index < -0.39 is 29.7 Å². The number of hydrogen-bond acceptors (Lipinski definition) is 3. The van der Waals surface area contributed by atoms with Gasteiger partial charge in [-0.25, -0.2) is 0 Å². The molecule has 20 heavy (non-hydrogen) atoms. The van der Waals surface area contributed by atoms with Crippen LogP contribution in [0.4, 0.5) is 3.50 Å². The third-order valence-corrected chi connectivity index (χ3v) is 33.3. The van der Waals surface area contributed by atoms with Gasteiger partial charge in [-0.2, -0.15) is 0 Å². The van der Waals surface area contributed by atoms with E-state index in [2.05, 4.69) is 0 Å². The summed E-state index contributed by atoms with van der Waals surface area (Å²) in [7, 11) is 0. The molecule has 0 aromatic carbocycles. The van der Waals surface area contributed by atoms with E-state index >= 15 is 0 Å². The summed E-state index contributed by atoms with van der Waals surface area (Å²) in [5.41, 5.74) is 0. The Labute approximate surface area is 129 Å². The SMILES string of the molecule is CCC[O][Zr]([O]CCC)([O]CCC)([GeH2][F])[C]1=CC=CC1. The van der Waals surface area contributed by atoms with Crippen LogP contribution in [-0.2, 0) is 26.0 Å².